The summed E-state index contributed by atoms with van der Waals surface area (Å²) in [7, 11) is -2.36. The molecule has 112 valence electrons. The van der Waals surface area contributed by atoms with Gasteiger partial charge in [0.2, 0.25) is 5.03 Å². The predicted molar refractivity (Wildman–Crippen MR) is 74.2 cm³/mol. The summed E-state index contributed by atoms with van der Waals surface area (Å²) >= 11 is 0. The summed E-state index contributed by atoms with van der Waals surface area (Å²) in [5.74, 6) is -0.274. The summed E-state index contributed by atoms with van der Waals surface area (Å²) in [6, 6.07) is 2.49. The minimum atomic E-state index is -3.84. The maximum absolute atomic E-state index is 13.6. The van der Waals surface area contributed by atoms with E-state index in [9.17, 15) is 12.8 Å². The minimum Gasteiger partial charge on any atom is -0.317 e. The van der Waals surface area contributed by atoms with Crippen LogP contribution in [0.3, 0.4) is 0 Å². The van der Waals surface area contributed by atoms with Gasteiger partial charge in [0.1, 0.15) is 0 Å². The molecule has 0 aromatic carbocycles. The number of rotatable bonds is 5. The lowest BCUT2D eigenvalue weighted by molar-refractivity contribution is 0.325. The van der Waals surface area contributed by atoms with E-state index in [1.54, 1.807) is 0 Å². The van der Waals surface area contributed by atoms with E-state index in [0.717, 1.165) is 38.4 Å². The summed E-state index contributed by atoms with van der Waals surface area (Å²) in [6.45, 7) is 2.36. The van der Waals surface area contributed by atoms with Gasteiger partial charge >= 0.3 is 0 Å². The molecular formula is C13H20FN3O2S. The van der Waals surface area contributed by atoms with Crippen molar-refractivity contribution in [2.45, 2.75) is 24.3 Å². The van der Waals surface area contributed by atoms with Gasteiger partial charge in [0.05, 0.1) is 0 Å². The number of sulfonamides is 1. The van der Waals surface area contributed by atoms with E-state index in [1.165, 1.54) is 23.6 Å². The van der Waals surface area contributed by atoms with E-state index in [4.69, 9.17) is 0 Å². The van der Waals surface area contributed by atoms with Crippen molar-refractivity contribution < 1.29 is 12.8 Å². The lowest BCUT2D eigenvalue weighted by atomic mass is 9.95. The van der Waals surface area contributed by atoms with Crippen LogP contribution in [0.5, 0.6) is 0 Å². The number of piperidine rings is 1. The zero-order valence-corrected chi connectivity index (χ0v) is 12.4. The van der Waals surface area contributed by atoms with Gasteiger partial charge in [-0.05, 0) is 50.4 Å². The van der Waals surface area contributed by atoms with Crippen LogP contribution in [0, 0.1) is 11.7 Å². The van der Waals surface area contributed by atoms with E-state index in [-0.39, 0.29) is 0 Å². The molecular weight excluding hydrogens is 281 g/mol. The van der Waals surface area contributed by atoms with Crippen LogP contribution >= 0.6 is 0 Å². The fourth-order valence-corrected chi connectivity index (χ4v) is 3.51. The number of nitrogens with one attached hydrogen (secondary N) is 1. The summed E-state index contributed by atoms with van der Waals surface area (Å²) < 4.78 is 39.2. The van der Waals surface area contributed by atoms with Crippen molar-refractivity contribution >= 4 is 10.0 Å². The highest BCUT2D eigenvalue weighted by molar-refractivity contribution is 7.89. The molecule has 0 unspecified atom stereocenters. The number of aromatic nitrogens is 1. The normalized spacial score (nSPS) is 17.6. The average Bonchev–Trinajstić information content (AvgIpc) is 2.46. The van der Waals surface area contributed by atoms with Crippen molar-refractivity contribution in [3.63, 3.8) is 0 Å². The number of hydrogen-bond donors (Lipinski definition) is 1. The molecule has 0 radical (unpaired) electrons. The Balaban J connectivity index is 2.00. The zero-order valence-electron chi connectivity index (χ0n) is 11.5. The molecule has 0 atom stereocenters. The van der Waals surface area contributed by atoms with E-state index >= 15 is 0 Å². The first-order valence-electron chi connectivity index (χ1n) is 6.79. The molecule has 1 aromatic rings. The van der Waals surface area contributed by atoms with Gasteiger partial charge in [0.15, 0.2) is 5.82 Å². The van der Waals surface area contributed by atoms with E-state index in [1.807, 2.05) is 0 Å². The highest BCUT2D eigenvalue weighted by atomic mass is 32.2. The average molecular weight is 301 g/mol. The lowest BCUT2D eigenvalue weighted by Gasteiger charge is -2.24. The SMILES string of the molecule is CN(CCC1CCNCC1)S(=O)(=O)c1ncccc1F. The van der Waals surface area contributed by atoms with E-state index < -0.39 is 20.9 Å². The molecule has 0 aliphatic carbocycles. The molecule has 0 amide bonds. The third kappa shape index (κ3) is 3.53. The molecule has 0 spiro atoms. The second-order valence-electron chi connectivity index (χ2n) is 5.10. The zero-order chi connectivity index (χ0) is 14.6. The molecule has 20 heavy (non-hydrogen) atoms. The minimum absolute atomic E-state index is 0.392. The first kappa shape index (κ1) is 15.3. The maximum atomic E-state index is 13.6. The van der Waals surface area contributed by atoms with Crippen molar-refractivity contribution in [2.24, 2.45) is 5.92 Å². The lowest BCUT2D eigenvalue weighted by Crippen LogP contribution is -2.33. The molecule has 1 fully saturated rings. The maximum Gasteiger partial charge on any atom is 0.263 e. The molecule has 0 saturated carbocycles. The fourth-order valence-electron chi connectivity index (χ4n) is 2.36. The number of halogens is 1. The molecule has 0 bridgehead atoms. The smallest absolute Gasteiger partial charge is 0.263 e. The Morgan fingerprint density at radius 1 is 1.45 bits per heavy atom. The summed E-state index contributed by atoms with van der Waals surface area (Å²) in [5, 5.41) is 2.78. The van der Waals surface area contributed by atoms with Crippen molar-refractivity contribution in [3.05, 3.63) is 24.1 Å². The Hall–Kier alpha value is -1.05. The van der Waals surface area contributed by atoms with Gasteiger partial charge in [-0.3, -0.25) is 0 Å². The largest absolute Gasteiger partial charge is 0.317 e. The predicted octanol–water partition coefficient (Wildman–Crippen LogP) is 1.23. The van der Waals surface area contributed by atoms with Crippen LogP contribution in [0.1, 0.15) is 19.3 Å². The van der Waals surface area contributed by atoms with Gasteiger partial charge in [-0.2, -0.15) is 4.31 Å². The first-order chi connectivity index (χ1) is 9.51. The van der Waals surface area contributed by atoms with E-state index in [0.29, 0.717) is 12.5 Å². The van der Waals surface area contributed by atoms with Crippen LogP contribution in [-0.2, 0) is 10.0 Å². The molecule has 7 heteroatoms. The van der Waals surface area contributed by atoms with Crippen LogP contribution in [0.25, 0.3) is 0 Å². The second-order valence-corrected chi connectivity index (χ2v) is 7.06. The Bertz CT molecular complexity index is 544. The molecule has 2 heterocycles. The van der Waals surface area contributed by atoms with Gasteiger partial charge in [0.25, 0.3) is 10.0 Å². The van der Waals surface area contributed by atoms with E-state index in [2.05, 4.69) is 10.3 Å². The Morgan fingerprint density at radius 2 is 2.15 bits per heavy atom. The van der Waals surface area contributed by atoms with Crippen molar-refractivity contribution in [3.8, 4) is 0 Å². The number of pyridine rings is 1. The van der Waals surface area contributed by atoms with Crippen LogP contribution in [0.15, 0.2) is 23.4 Å². The molecule has 1 aliphatic rings. The Labute approximate surface area is 119 Å². The first-order valence-corrected chi connectivity index (χ1v) is 8.23. The standard InChI is InChI=1S/C13H20FN3O2S/c1-17(10-6-11-4-8-15-9-5-11)20(18,19)13-12(14)3-2-7-16-13/h2-3,7,11,15H,4-6,8-10H2,1H3. The van der Waals surface area contributed by atoms with Gasteiger partial charge in [0, 0.05) is 19.8 Å². The third-order valence-electron chi connectivity index (χ3n) is 3.69. The molecule has 5 nitrogen and oxygen atoms in total. The summed E-state index contributed by atoms with van der Waals surface area (Å²) in [6.07, 6.45) is 4.21. The molecule has 1 N–H and O–H groups in total. The Kier molecular flexibility index (Phi) is 5.06. The summed E-state index contributed by atoms with van der Waals surface area (Å²) in [5.41, 5.74) is 0. The highest BCUT2D eigenvalue weighted by Crippen LogP contribution is 2.19. The van der Waals surface area contributed by atoms with Crippen LogP contribution < -0.4 is 5.32 Å². The van der Waals surface area contributed by atoms with Gasteiger partial charge in [-0.25, -0.2) is 17.8 Å². The monoisotopic (exact) mass is 301 g/mol. The molecule has 1 saturated heterocycles. The third-order valence-corrected chi connectivity index (χ3v) is 5.48. The highest BCUT2D eigenvalue weighted by Gasteiger charge is 2.26. The Morgan fingerprint density at radius 3 is 2.80 bits per heavy atom. The van der Waals surface area contributed by atoms with Gasteiger partial charge in [-0.1, -0.05) is 0 Å². The summed E-state index contributed by atoms with van der Waals surface area (Å²) in [4.78, 5) is 3.65. The quantitative estimate of drug-likeness (QED) is 0.888. The fraction of sp³-hybridized carbons (Fsp3) is 0.615. The number of nitrogens with zero attached hydrogens (tertiary/aromatic N) is 2. The topological polar surface area (TPSA) is 62.3 Å². The van der Waals surface area contributed by atoms with Crippen molar-refractivity contribution in [1.29, 1.82) is 0 Å². The van der Waals surface area contributed by atoms with Crippen molar-refractivity contribution in [2.75, 3.05) is 26.7 Å². The van der Waals surface area contributed by atoms with Gasteiger partial charge < -0.3 is 5.32 Å². The molecule has 1 aliphatic heterocycles. The van der Waals surface area contributed by atoms with Crippen molar-refractivity contribution in [1.82, 2.24) is 14.6 Å². The van der Waals surface area contributed by atoms with Crippen LogP contribution in [0.2, 0.25) is 0 Å². The second kappa shape index (κ2) is 6.60. The molecule has 2 rings (SSSR count). The number of hydrogen-bond acceptors (Lipinski definition) is 4. The van der Waals surface area contributed by atoms with Crippen LogP contribution in [-0.4, -0.2) is 44.4 Å². The molecule has 1 aromatic heterocycles. The van der Waals surface area contributed by atoms with Crippen LogP contribution in [0.4, 0.5) is 4.39 Å². The van der Waals surface area contributed by atoms with Gasteiger partial charge in [-0.15, -0.1) is 0 Å².